The Balaban J connectivity index is 2.30. The predicted octanol–water partition coefficient (Wildman–Crippen LogP) is -0.557. The molecule has 1 aromatic heterocycles. The molecule has 1 aliphatic heterocycles. The predicted molar refractivity (Wildman–Crippen MR) is 69.9 cm³/mol. The number of amides is 1. The van der Waals surface area contributed by atoms with Crippen LogP contribution in [0.1, 0.15) is 10.4 Å². The fourth-order valence-corrected chi connectivity index (χ4v) is 3.07. The second-order valence-corrected chi connectivity index (χ2v) is 6.63. The van der Waals surface area contributed by atoms with Gasteiger partial charge in [0, 0.05) is 13.1 Å². The smallest absolute Gasteiger partial charge is 0.300 e. The molecule has 0 unspecified atom stereocenters. The molecule has 1 amide bonds. The fourth-order valence-electron chi connectivity index (χ4n) is 1.87. The van der Waals surface area contributed by atoms with Gasteiger partial charge in [-0.2, -0.15) is 0 Å². The molecule has 108 valence electrons. The summed E-state index contributed by atoms with van der Waals surface area (Å²) in [5, 5.41) is 10.9. The molecule has 9 nitrogen and oxygen atoms in total. The van der Waals surface area contributed by atoms with E-state index in [9.17, 15) is 23.3 Å². The Morgan fingerprint density at radius 3 is 2.55 bits per heavy atom. The van der Waals surface area contributed by atoms with Crippen molar-refractivity contribution in [3.63, 3.8) is 0 Å². The number of aromatic nitrogens is 1. The zero-order valence-corrected chi connectivity index (χ0v) is 11.2. The van der Waals surface area contributed by atoms with Crippen LogP contribution in [-0.2, 0) is 9.84 Å². The first kappa shape index (κ1) is 14.2. The Morgan fingerprint density at radius 2 is 2.00 bits per heavy atom. The third-order valence-electron chi connectivity index (χ3n) is 2.96. The van der Waals surface area contributed by atoms with Gasteiger partial charge in [-0.15, -0.1) is 0 Å². The van der Waals surface area contributed by atoms with Crippen molar-refractivity contribution < 1.29 is 18.1 Å². The van der Waals surface area contributed by atoms with E-state index in [1.165, 1.54) is 4.90 Å². The summed E-state index contributed by atoms with van der Waals surface area (Å²) in [5.74, 6) is -0.912. The molecule has 0 radical (unpaired) electrons. The number of hydrogen-bond donors (Lipinski definition) is 1. The molecule has 1 aromatic rings. The van der Waals surface area contributed by atoms with Gasteiger partial charge in [-0.3, -0.25) is 14.9 Å². The van der Waals surface area contributed by atoms with E-state index in [0.29, 0.717) is 0 Å². The molecule has 0 aliphatic carbocycles. The molecule has 0 saturated carbocycles. The molecule has 2 rings (SSSR count). The standard InChI is InChI=1S/C10H12N4O5S/c11-9-5-7(8(6-12-9)14(16)17)10(15)13-1-3-20(18,19)4-2-13/h5-6H,1-4H2,(H2,11,12). The van der Waals surface area contributed by atoms with Gasteiger partial charge in [0.2, 0.25) is 0 Å². The normalized spacial score (nSPS) is 17.7. The summed E-state index contributed by atoms with van der Waals surface area (Å²) in [6.07, 6.45) is 0.920. The number of sulfone groups is 1. The van der Waals surface area contributed by atoms with E-state index in [2.05, 4.69) is 4.98 Å². The van der Waals surface area contributed by atoms with Crippen molar-refractivity contribution in [1.29, 1.82) is 0 Å². The number of nitro groups is 1. The summed E-state index contributed by atoms with van der Waals surface area (Å²) in [5.41, 5.74) is 4.81. The third kappa shape index (κ3) is 2.85. The topological polar surface area (TPSA) is 136 Å². The molecule has 0 spiro atoms. The first-order chi connectivity index (χ1) is 9.30. The van der Waals surface area contributed by atoms with Crippen molar-refractivity contribution in [2.75, 3.05) is 30.3 Å². The lowest BCUT2D eigenvalue weighted by molar-refractivity contribution is -0.385. The van der Waals surface area contributed by atoms with Gasteiger partial charge < -0.3 is 10.6 Å². The number of anilines is 1. The highest BCUT2D eigenvalue weighted by Crippen LogP contribution is 2.21. The molecule has 1 saturated heterocycles. The van der Waals surface area contributed by atoms with E-state index in [-0.39, 0.29) is 36.0 Å². The number of nitrogens with zero attached hydrogens (tertiary/aromatic N) is 3. The number of carbonyl (C=O) groups excluding carboxylic acids is 1. The Morgan fingerprint density at radius 1 is 1.40 bits per heavy atom. The van der Waals surface area contributed by atoms with Crippen LogP contribution in [0.2, 0.25) is 0 Å². The van der Waals surface area contributed by atoms with Gasteiger partial charge in [0.25, 0.3) is 11.6 Å². The molecule has 0 bridgehead atoms. The molecule has 0 aromatic carbocycles. The second-order valence-electron chi connectivity index (χ2n) is 4.33. The van der Waals surface area contributed by atoms with E-state index < -0.39 is 26.4 Å². The van der Waals surface area contributed by atoms with E-state index in [0.717, 1.165) is 12.3 Å². The number of pyridine rings is 1. The minimum absolute atomic E-state index is 0.0106. The van der Waals surface area contributed by atoms with Gasteiger partial charge >= 0.3 is 0 Å². The van der Waals surface area contributed by atoms with Crippen LogP contribution >= 0.6 is 0 Å². The van der Waals surface area contributed by atoms with Crippen LogP contribution in [0, 0.1) is 10.1 Å². The van der Waals surface area contributed by atoms with Crippen LogP contribution in [0.25, 0.3) is 0 Å². The number of nitrogens with two attached hydrogens (primary N) is 1. The van der Waals surface area contributed by atoms with Crippen molar-refractivity contribution in [2.45, 2.75) is 0 Å². The Hall–Kier alpha value is -2.23. The van der Waals surface area contributed by atoms with Crippen molar-refractivity contribution in [1.82, 2.24) is 9.88 Å². The monoisotopic (exact) mass is 300 g/mol. The third-order valence-corrected chi connectivity index (χ3v) is 4.57. The molecule has 1 aliphatic rings. The molecule has 10 heteroatoms. The lowest BCUT2D eigenvalue weighted by Crippen LogP contribution is -2.43. The summed E-state index contributed by atoms with van der Waals surface area (Å²) < 4.78 is 22.6. The van der Waals surface area contributed by atoms with E-state index in [1.54, 1.807) is 0 Å². The lowest BCUT2D eigenvalue weighted by Gasteiger charge is -2.26. The summed E-state index contributed by atoms with van der Waals surface area (Å²) in [4.78, 5) is 27.2. The van der Waals surface area contributed by atoms with Crippen LogP contribution in [0.5, 0.6) is 0 Å². The van der Waals surface area contributed by atoms with E-state index >= 15 is 0 Å². The Bertz CT molecular complexity index is 658. The van der Waals surface area contributed by atoms with Gasteiger partial charge in [0.15, 0.2) is 9.84 Å². The van der Waals surface area contributed by atoms with Crippen LogP contribution < -0.4 is 5.73 Å². The summed E-state index contributed by atoms with van der Waals surface area (Å²) >= 11 is 0. The average Bonchev–Trinajstić information content (AvgIpc) is 2.37. The molecule has 1 fully saturated rings. The minimum Gasteiger partial charge on any atom is -0.384 e. The Kier molecular flexibility index (Phi) is 3.57. The van der Waals surface area contributed by atoms with Gasteiger partial charge in [-0.25, -0.2) is 13.4 Å². The highest BCUT2D eigenvalue weighted by Gasteiger charge is 2.30. The minimum atomic E-state index is -3.13. The SMILES string of the molecule is Nc1cc(C(=O)N2CCS(=O)(=O)CC2)c([N+](=O)[O-])cn1. The number of carbonyl (C=O) groups is 1. The van der Waals surface area contributed by atoms with Crippen LogP contribution in [-0.4, -0.2) is 53.7 Å². The summed E-state index contributed by atoms with van der Waals surface area (Å²) in [7, 11) is -3.13. The largest absolute Gasteiger partial charge is 0.384 e. The second kappa shape index (κ2) is 5.04. The van der Waals surface area contributed by atoms with Crippen LogP contribution in [0.15, 0.2) is 12.3 Å². The zero-order chi connectivity index (χ0) is 14.9. The highest BCUT2D eigenvalue weighted by atomic mass is 32.2. The van der Waals surface area contributed by atoms with Crippen LogP contribution in [0.4, 0.5) is 11.5 Å². The van der Waals surface area contributed by atoms with Gasteiger partial charge in [-0.1, -0.05) is 0 Å². The van der Waals surface area contributed by atoms with E-state index in [4.69, 9.17) is 5.73 Å². The lowest BCUT2D eigenvalue weighted by atomic mass is 10.2. The van der Waals surface area contributed by atoms with Gasteiger partial charge in [0.1, 0.15) is 17.6 Å². The van der Waals surface area contributed by atoms with Crippen LogP contribution in [0.3, 0.4) is 0 Å². The fraction of sp³-hybridized carbons (Fsp3) is 0.400. The quantitative estimate of drug-likeness (QED) is 0.571. The first-order valence-corrected chi connectivity index (χ1v) is 7.52. The molecule has 20 heavy (non-hydrogen) atoms. The average molecular weight is 300 g/mol. The van der Waals surface area contributed by atoms with Gasteiger partial charge in [-0.05, 0) is 6.07 Å². The molecular weight excluding hydrogens is 288 g/mol. The van der Waals surface area contributed by atoms with Gasteiger partial charge in [0.05, 0.1) is 16.4 Å². The maximum Gasteiger partial charge on any atom is 0.300 e. The number of rotatable bonds is 2. The van der Waals surface area contributed by atoms with E-state index in [1.807, 2.05) is 0 Å². The van der Waals surface area contributed by atoms with Crippen molar-refractivity contribution in [3.8, 4) is 0 Å². The maximum atomic E-state index is 12.2. The number of hydrogen-bond acceptors (Lipinski definition) is 7. The Labute approximate surface area is 114 Å². The van der Waals surface area contributed by atoms with Crippen molar-refractivity contribution in [3.05, 3.63) is 27.9 Å². The zero-order valence-electron chi connectivity index (χ0n) is 10.4. The summed E-state index contributed by atoms with van der Waals surface area (Å²) in [6, 6.07) is 1.13. The maximum absolute atomic E-state index is 12.2. The van der Waals surface area contributed by atoms with Crippen molar-refractivity contribution in [2.24, 2.45) is 0 Å². The highest BCUT2D eigenvalue weighted by molar-refractivity contribution is 7.91. The molecule has 2 heterocycles. The van der Waals surface area contributed by atoms with Crippen molar-refractivity contribution >= 4 is 27.2 Å². The molecule has 0 atom stereocenters. The molecule has 2 N–H and O–H groups in total. The first-order valence-electron chi connectivity index (χ1n) is 5.70. The number of nitrogen functional groups attached to an aromatic ring is 1. The summed E-state index contributed by atoms with van der Waals surface area (Å²) in [6.45, 7) is 0.0289. The molecular formula is C10H12N4O5S.